The second-order valence-electron chi connectivity index (χ2n) is 15.9. The number of ether oxygens (including phenoxy) is 2. The SMILES string of the molecule is CCCC(=O)OCCl.CCCC(=O)OCOn1cc(C(=O)NN(Cc2ccc(-c3cc(Cl)ccc3Cl)cc2)C[C@@H](O)C(=O)O)nn1.O=C(NN(Cc1ccc(-c2cc(Cl)ccc2Cl)cc1)C[C@@H](O)C(=O)O)c1cn(O)nn1. The Morgan fingerprint density at radius 3 is 1.45 bits per heavy atom. The highest BCUT2D eigenvalue weighted by Crippen LogP contribution is 2.32. The number of carboxylic acid groups (broad SMARTS) is 2. The van der Waals surface area contributed by atoms with Gasteiger partial charge < -0.3 is 39.9 Å². The van der Waals surface area contributed by atoms with E-state index in [4.69, 9.17) is 83.0 Å². The van der Waals surface area contributed by atoms with Crippen molar-refractivity contribution in [3.05, 3.63) is 140 Å². The van der Waals surface area contributed by atoms with Crippen LogP contribution >= 0.6 is 58.0 Å². The molecule has 0 fully saturated rings. The first kappa shape index (κ1) is 62.4. The van der Waals surface area contributed by atoms with Crippen molar-refractivity contribution in [2.45, 2.75) is 64.8 Å². The number of nitrogens with zero attached hydrogens (tertiary/aromatic N) is 8. The molecule has 0 unspecified atom stereocenters. The molecule has 0 aliphatic carbocycles. The van der Waals surface area contributed by atoms with Crippen molar-refractivity contribution < 1.29 is 68.7 Å². The molecule has 2 amide bonds. The molecule has 0 aliphatic heterocycles. The fourth-order valence-electron chi connectivity index (χ4n) is 6.27. The smallest absolute Gasteiger partial charge is 0.333 e. The van der Waals surface area contributed by atoms with Crippen LogP contribution in [0, 0.1) is 0 Å². The van der Waals surface area contributed by atoms with Crippen LogP contribution in [-0.4, -0.2) is 140 Å². The monoisotopic (exact) mass is 1170 g/mol. The summed E-state index contributed by atoms with van der Waals surface area (Å²) in [5.41, 5.74) is 9.13. The third-order valence-corrected chi connectivity index (χ3v) is 11.2. The zero-order chi connectivity index (χ0) is 56.6. The van der Waals surface area contributed by atoms with Gasteiger partial charge in [-0.1, -0.05) is 130 Å². The summed E-state index contributed by atoms with van der Waals surface area (Å²) < 4.78 is 9.26. The van der Waals surface area contributed by atoms with Crippen LogP contribution in [0.5, 0.6) is 0 Å². The predicted octanol–water partition coefficient (Wildman–Crippen LogP) is 6.18. The molecule has 2 aromatic heterocycles. The number of hydrogen-bond acceptors (Lipinski definition) is 18. The largest absolute Gasteiger partial charge is 0.479 e. The molecule has 2 atom stereocenters. The van der Waals surface area contributed by atoms with E-state index in [1.807, 2.05) is 13.8 Å². The fraction of sp³-hybridized carbons (Fsp3) is 0.292. The normalized spacial score (nSPS) is 11.5. The number of aliphatic hydroxyl groups is 2. The number of alkyl halides is 1. The van der Waals surface area contributed by atoms with Crippen LogP contribution in [0.4, 0.5) is 0 Å². The van der Waals surface area contributed by atoms with Crippen LogP contribution in [0.15, 0.2) is 97.3 Å². The summed E-state index contributed by atoms with van der Waals surface area (Å²) in [6.45, 7) is 2.64. The van der Waals surface area contributed by atoms with Gasteiger partial charge in [-0.2, -0.15) is 0 Å². The quantitative estimate of drug-likeness (QED) is 0.0117. The number of carbonyl (C=O) groups excluding carboxylic acids is 4. The highest BCUT2D eigenvalue weighted by atomic mass is 35.5. The van der Waals surface area contributed by atoms with Crippen LogP contribution < -0.4 is 15.7 Å². The van der Waals surface area contributed by atoms with Crippen molar-refractivity contribution in [1.29, 1.82) is 0 Å². The Hall–Kier alpha value is -7.13. The number of benzene rings is 4. The van der Waals surface area contributed by atoms with Crippen LogP contribution in [0.3, 0.4) is 0 Å². The first-order valence-electron chi connectivity index (χ1n) is 22.8. The summed E-state index contributed by atoms with van der Waals surface area (Å²) in [5.74, 6) is -5.02. The van der Waals surface area contributed by atoms with E-state index in [2.05, 4.69) is 36.2 Å². The Morgan fingerprint density at radius 1 is 0.623 bits per heavy atom. The molecule has 0 saturated heterocycles. The van der Waals surface area contributed by atoms with Crippen molar-refractivity contribution >= 4 is 93.7 Å². The van der Waals surface area contributed by atoms with Gasteiger partial charge in [-0.15, -0.1) is 10.2 Å². The second kappa shape index (κ2) is 31.8. The van der Waals surface area contributed by atoms with Crippen molar-refractivity contribution in [1.82, 2.24) is 51.2 Å². The highest BCUT2D eigenvalue weighted by Gasteiger charge is 2.24. The molecule has 7 N–H and O–H groups in total. The molecule has 29 heteroatoms. The van der Waals surface area contributed by atoms with Crippen molar-refractivity contribution in [3.63, 3.8) is 0 Å². The number of rotatable bonds is 24. The summed E-state index contributed by atoms with van der Waals surface area (Å²) in [7, 11) is 0. The standard InChI is InChI=1S/C24H25Cl2N5O7.C19H17Cl2N5O5.C5H9ClO2/c1-2-3-22(33)37-14-38-31-12-20(27-29-31)23(34)28-30(13-21(32)24(35)36)11-15-4-6-16(7-5-15)18-10-17(25)8-9-19(18)26;20-13-5-6-15(21)14(7-13)12-3-1-11(2-4-12)8-25(10-17(27)19(29)30)23-18(28)16-9-26(31)24-22-16;1-2-3-5(7)8-4-6/h4-10,12,21,32H,2-3,11,13-14H2,1H3,(H,28,34)(H,35,36);1-7,9,17,27,31H,8,10H2,(H,23,28)(H,29,30);2-4H2,1H3/t21-;17-;/m11./s1. The van der Waals surface area contributed by atoms with Gasteiger partial charge in [-0.05, 0) is 81.9 Å². The molecule has 0 bridgehead atoms. The average Bonchev–Trinajstić information content (AvgIpc) is 4.06. The third kappa shape index (κ3) is 21.4. The van der Waals surface area contributed by atoms with Gasteiger partial charge >= 0.3 is 23.9 Å². The van der Waals surface area contributed by atoms with Crippen LogP contribution in [0.2, 0.25) is 20.1 Å². The number of aliphatic hydroxyl groups excluding tert-OH is 2. The number of aliphatic carboxylic acids is 2. The zero-order valence-corrected chi connectivity index (χ0v) is 44.6. The molecule has 24 nitrogen and oxygen atoms in total. The van der Waals surface area contributed by atoms with Crippen LogP contribution in [0.25, 0.3) is 22.3 Å². The van der Waals surface area contributed by atoms with Crippen molar-refractivity contribution in [2.24, 2.45) is 0 Å². The minimum atomic E-state index is -1.77. The number of aromatic nitrogens is 6. The zero-order valence-electron chi connectivity index (χ0n) is 40.8. The molecule has 6 rings (SSSR count). The number of esters is 2. The molecule has 0 radical (unpaired) electrons. The number of carbonyl (C=O) groups is 6. The number of hydrazine groups is 2. The maximum Gasteiger partial charge on any atom is 0.333 e. The highest BCUT2D eigenvalue weighted by molar-refractivity contribution is 6.36. The van der Waals surface area contributed by atoms with E-state index < -0.39 is 61.8 Å². The van der Waals surface area contributed by atoms with Crippen LogP contribution in [0.1, 0.15) is 71.6 Å². The summed E-state index contributed by atoms with van der Waals surface area (Å²) in [5, 5.41) is 65.5. The number of hydrogen-bond donors (Lipinski definition) is 7. The lowest BCUT2D eigenvalue weighted by Gasteiger charge is -2.24. The minimum absolute atomic E-state index is 0.0289. The van der Waals surface area contributed by atoms with Crippen molar-refractivity contribution in [2.75, 3.05) is 25.9 Å². The van der Waals surface area contributed by atoms with Gasteiger partial charge in [0.15, 0.2) is 29.7 Å². The lowest BCUT2D eigenvalue weighted by Crippen LogP contribution is -2.47. The summed E-state index contributed by atoms with van der Waals surface area (Å²) >= 11 is 29.7. The molecular formula is C48H51Cl5N10O14. The topological polar surface area (TPSA) is 323 Å². The molecule has 412 valence electrons. The molecule has 0 saturated carbocycles. The maximum absolute atomic E-state index is 12.7. The van der Waals surface area contributed by atoms with Crippen molar-refractivity contribution in [3.8, 4) is 22.3 Å². The molecular weight excluding hydrogens is 1120 g/mol. The number of nitrogens with one attached hydrogen (secondary N) is 2. The molecule has 2 heterocycles. The molecule has 0 spiro atoms. The van der Waals surface area contributed by atoms with Gasteiger partial charge in [0.05, 0.1) is 19.3 Å². The Morgan fingerprint density at radius 2 is 1.05 bits per heavy atom. The first-order valence-corrected chi connectivity index (χ1v) is 24.8. The first-order chi connectivity index (χ1) is 36.7. The van der Waals surface area contributed by atoms with Gasteiger partial charge in [0.1, 0.15) is 6.20 Å². The third-order valence-electron chi connectivity index (χ3n) is 9.96. The van der Waals surface area contributed by atoms with E-state index in [1.165, 1.54) is 10.0 Å². The molecule has 77 heavy (non-hydrogen) atoms. The summed E-state index contributed by atoms with van der Waals surface area (Å²) in [6.07, 6.45) is 0.768. The van der Waals surface area contributed by atoms with E-state index in [0.717, 1.165) is 45.9 Å². The lowest BCUT2D eigenvalue weighted by atomic mass is 10.0. The van der Waals surface area contributed by atoms with Gasteiger partial charge in [0.2, 0.25) is 0 Å². The van der Waals surface area contributed by atoms with E-state index in [9.17, 15) is 39.0 Å². The van der Waals surface area contributed by atoms with Gasteiger partial charge in [-0.25, -0.2) is 19.6 Å². The number of carboxylic acids is 2. The summed E-state index contributed by atoms with van der Waals surface area (Å²) in [4.78, 5) is 75.3. The second-order valence-corrected chi connectivity index (χ2v) is 17.8. The predicted molar refractivity (Wildman–Crippen MR) is 278 cm³/mol. The van der Waals surface area contributed by atoms with Gasteiger partial charge in [-0.3, -0.25) is 30.0 Å². The van der Waals surface area contributed by atoms with E-state index in [0.29, 0.717) is 48.9 Å². The van der Waals surface area contributed by atoms with Gasteiger partial charge in [0.25, 0.3) is 18.6 Å². The minimum Gasteiger partial charge on any atom is -0.479 e. The van der Waals surface area contributed by atoms with Gasteiger partial charge in [0, 0.05) is 57.1 Å². The van der Waals surface area contributed by atoms with E-state index in [1.54, 1.807) is 84.9 Å². The Kier molecular flexibility index (Phi) is 25.8. The van der Waals surface area contributed by atoms with E-state index >= 15 is 0 Å². The Labute approximate surface area is 464 Å². The molecule has 6 aromatic rings. The molecule has 0 aliphatic rings. The Bertz CT molecular complexity index is 2910. The van der Waals surface area contributed by atoms with Crippen LogP contribution in [-0.2, 0) is 41.7 Å². The average molecular weight is 1170 g/mol. The maximum atomic E-state index is 12.7. The number of halogens is 5. The summed E-state index contributed by atoms with van der Waals surface area (Å²) in [6, 6.07) is 24.5. The Balaban J connectivity index is 0.000000295. The fourth-order valence-corrected chi connectivity index (χ4v) is 7.19. The molecule has 4 aromatic carbocycles. The van der Waals surface area contributed by atoms with E-state index in [-0.39, 0.29) is 42.9 Å². The number of amides is 2. The lowest BCUT2D eigenvalue weighted by molar-refractivity contribution is -0.158.